The van der Waals surface area contributed by atoms with Crippen LogP contribution in [0.2, 0.25) is 0 Å². The highest BCUT2D eigenvalue weighted by atomic mass is 16.5. The van der Waals surface area contributed by atoms with Crippen molar-refractivity contribution in [2.24, 2.45) is 11.3 Å². The first-order valence-electron chi connectivity index (χ1n) is 11.6. The van der Waals surface area contributed by atoms with Crippen LogP contribution >= 0.6 is 0 Å². The molecule has 1 heterocycles. The van der Waals surface area contributed by atoms with Crippen molar-refractivity contribution in [2.75, 3.05) is 26.8 Å². The molecule has 0 radical (unpaired) electrons. The Morgan fingerprint density at radius 1 is 1.28 bits per heavy atom. The van der Waals surface area contributed by atoms with Crippen molar-refractivity contribution in [3.63, 3.8) is 0 Å². The van der Waals surface area contributed by atoms with Crippen molar-refractivity contribution in [2.45, 2.75) is 71.5 Å². The number of hydrogen-bond acceptors (Lipinski definition) is 6. The van der Waals surface area contributed by atoms with Crippen molar-refractivity contribution < 1.29 is 28.9 Å². The molecule has 178 valence electrons. The average Bonchev–Trinajstić information content (AvgIpc) is 3.51. The number of amides is 1. The first-order chi connectivity index (χ1) is 15.2. The second-order valence-corrected chi connectivity index (χ2v) is 9.50. The maximum absolute atomic E-state index is 13.2. The van der Waals surface area contributed by atoms with Gasteiger partial charge in [-0.3, -0.25) is 9.59 Å². The number of likely N-dealkylation sites (tertiary alicyclic amines) is 1. The van der Waals surface area contributed by atoms with Gasteiger partial charge in [0.15, 0.2) is 17.6 Å². The molecule has 4 atom stereocenters. The van der Waals surface area contributed by atoms with Crippen LogP contribution in [-0.2, 0) is 14.3 Å². The van der Waals surface area contributed by atoms with Gasteiger partial charge < -0.3 is 24.2 Å². The number of hydrogen-bond donors (Lipinski definition) is 1. The predicted octanol–water partition coefficient (Wildman–Crippen LogP) is 3.53. The number of carbonyl (C=O) groups is 2. The number of nitrogens with zero attached hydrogens (tertiary/aromatic N) is 1. The summed E-state index contributed by atoms with van der Waals surface area (Å²) >= 11 is 0. The molecule has 1 N–H and O–H groups in total. The molecule has 0 spiro atoms. The zero-order chi connectivity index (χ0) is 23.5. The lowest BCUT2D eigenvalue weighted by Gasteiger charge is -2.34. The second-order valence-electron chi connectivity index (χ2n) is 9.50. The Hall–Kier alpha value is -2.28. The quantitative estimate of drug-likeness (QED) is 0.553. The van der Waals surface area contributed by atoms with E-state index in [2.05, 4.69) is 0 Å². The van der Waals surface area contributed by atoms with Crippen molar-refractivity contribution in [1.82, 2.24) is 4.90 Å². The first kappa shape index (κ1) is 24.4. The van der Waals surface area contributed by atoms with Gasteiger partial charge in [-0.1, -0.05) is 26.3 Å². The largest absolute Gasteiger partial charge is 0.493 e. The summed E-state index contributed by atoms with van der Waals surface area (Å²) in [5.74, 6) is 1.23. The minimum Gasteiger partial charge on any atom is -0.493 e. The fourth-order valence-corrected chi connectivity index (χ4v) is 4.51. The molecule has 7 nitrogen and oxygen atoms in total. The molecule has 0 bridgehead atoms. The number of aliphatic hydroxyl groups is 1. The molecular weight excluding hydrogens is 410 g/mol. The summed E-state index contributed by atoms with van der Waals surface area (Å²) in [6.45, 7) is 8.55. The van der Waals surface area contributed by atoms with Gasteiger partial charge in [0.25, 0.3) is 5.91 Å². The molecule has 1 unspecified atom stereocenters. The van der Waals surface area contributed by atoms with E-state index < -0.39 is 23.6 Å². The fraction of sp³-hybridized carbons (Fsp3) is 0.680. The summed E-state index contributed by atoms with van der Waals surface area (Å²) in [6.07, 6.45) is 2.18. The Labute approximate surface area is 191 Å². The van der Waals surface area contributed by atoms with Crippen molar-refractivity contribution in [3.05, 3.63) is 23.8 Å². The molecule has 32 heavy (non-hydrogen) atoms. The summed E-state index contributed by atoms with van der Waals surface area (Å²) in [7, 11) is 1.62. The van der Waals surface area contributed by atoms with Crippen molar-refractivity contribution in [1.29, 1.82) is 0 Å². The van der Waals surface area contributed by atoms with Gasteiger partial charge in [0.2, 0.25) is 0 Å². The molecule has 3 rings (SSSR count). The molecule has 7 heteroatoms. The SMILES string of the molecule is CCCC(OC(C)=O)C(=O)N1C[C@@H](c2ccc(OC)c(OCC3CC3)c2)[C@](C)([C@@H](C)O)C1. The van der Waals surface area contributed by atoms with Crippen molar-refractivity contribution in [3.8, 4) is 11.5 Å². The lowest BCUT2D eigenvalue weighted by molar-refractivity contribution is -0.158. The minimum atomic E-state index is -0.789. The number of rotatable bonds is 10. The number of carbonyl (C=O) groups excluding carboxylic acids is 2. The second kappa shape index (κ2) is 10.1. The van der Waals surface area contributed by atoms with Gasteiger partial charge >= 0.3 is 5.97 Å². The summed E-state index contributed by atoms with van der Waals surface area (Å²) in [4.78, 5) is 26.5. The Morgan fingerprint density at radius 3 is 2.56 bits per heavy atom. The lowest BCUT2D eigenvalue weighted by atomic mass is 9.72. The number of aliphatic hydroxyl groups excluding tert-OH is 1. The number of methoxy groups -OCH3 is 1. The van der Waals surface area contributed by atoms with Gasteiger partial charge in [0.1, 0.15) is 0 Å². The standard InChI is InChI=1S/C25H37NO6/c1-6-7-22(32-17(3)28)24(29)26-13-20(25(4,15-26)16(2)27)19-10-11-21(30-5)23(12-19)31-14-18-8-9-18/h10-12,16,18,20,22,27H,6-9,13-15H2,1-5H3/t16-,20+,22?,25+/m1/s1. The van der Waals surface area contributed by atoms with E-state index in [1.807, 2.05) is 32.0 Å². The van der Waals surface area contributed by atoms with E-state index in [1.54, 1.807) is 18.9 Å². The van der Waals surface area contributed by atoms with E-state index in [1.165, 1.54) is 19.8 Å². The zero-order valence-corrected chi connectivity index (χ0v) is 19.9. The van der Waals surface area contributed by atoms with E-state index in [-0.39, 0.29) is 11.8 Å². The third-order valence-electron chi connectivity index (χ3n) is 6.89. The van der Waals surface area contributed by atoms with Crippen LogP contribution in [0, 0.1) is 11.3 Å². The van der Waals surface area contributed by atoms with Gasteiger partial charge in [0, 0.05) is 31.3 Å². The Kier molecular flexibility index (Phi) is 7.70. The topological polar surface area (TPSA) is 85.3 Å². The van der Waals surface area contributed by atoms with Crippen molar-refractivity contribution >= 4 is 11.9 Å². The molecule has 0 aromatic heterocycles. The zero-order valence-electron chi connectivity index (χ0n) is 19.9. The fourth-order valence-electron chi connectivity index (χ4n) is 4.51. The monoisotopic (exact) mass is 447 g/mol. The molecule has 2 aliphatic rings. The Bertz CT molecular complexity index is 821. The van der Waals surface area contributed by atoms with Crippen LogP contribution < -0.4 is 9.47 Å². The third kappa shape index (κ3) is 5.37. The summed E-state index contributed by atoms with van der Waals surface area (Å²) in [5, 5.41) is 10.7. The summed E-state index contributed by atoms with van der Waals surface area (Å²) < 4.78 is 16.8. The van der Waals surface area contributed by atoms with Crippen LogP contribution in [0.3, 0.4) is 0 Å². The van der Waals surface area contributed by atoms with Crippen LogP contribution in [-0.4, -0.2) is 60.9 Å². The van der Waals surface area contributed by atoms with E-state index >= 15 is 0 Å². The Morgan fingerprint density at radius 2 is 2.00 bits per heavy atom. The predicted molar refractivity (Wildman–Crippen MR) is 121 cm³/mol. The van der Waals surface area contributed by atoms with Gasteiger partial charge in [-0.25, -0.2) is 0 Å². The average molecular weight is 448 g/mol. The molecule has 1 aliphatic carbocycles. The summed E-state index contributed by atoms with van der Waals surface area (Å²) in [5.41, 5.74) is 0.445. The molecule has 1 amide bonds. The third-order valence-corrected chi connectivity index (χ3v) is 6.89. The maximum atomic E-state index is 13.2. The highest BCUT2D eigenvalue weighted by Gasteiger charge is 2.49. The van der Waals surface area contributed by atoms with Gasteiger partial charge in [0.05, 0.1) is 19.8 Å². The molecule has 1 saturated heterocycles. The first-order valence-corrected chi connectivity index (χ1v) is 11.6. The molecule has 1 aromatic carbocycles. The van der Waals surface area contributed by atoms with Crippen LogP contribution in [0.1, 0.15) is 64.9 Å². The van der Waals surface area contributed by atoms with Crippen LogP contribution in [0.25, 0.3) is 0 Å². The maximum Gasteiger partial charge on any atom is 0.303 e. The van der Waals surface area contributed by atoms with E-state index in [0.717, 1.165) is 12.0 Å². The molecule has 1 aromatic rings. The normalized spacial score (nSPS) is 24.7. The molecule has 2 fully saturated rings. The van der Waals surface area contributed by atoms with Gasteiger partial charge in [-0.2, -0.15) is 0 Å². The van der Waals surface area contributed by atoms with E-state index in [0.29, 0.717) is 43.5 Å². The van der Waals surface area contributed by atoms with Gasteiger partial charge in [-0.15, -0.1) is 0 Å². The number of ether oxygens (including phenoxy) is 3. The van der Waals surface area contributed by atoms with Crippen LogP contribution in [0.4, 0.5) is 0 Å². The number of benzene rings is 1. The minimum absolute atomic E-state index is 0.0970. The molecular formula is C25H37NO6. The van der Waals surface area contributed by atoms with Crippen LogP contribution in [0.5, 0.6) is 11.5 Å². The molecule has 1 aliphatic heterocycles. The molecule has 1 saturated carbocycles. The Balaban J connectivity index is 1.86. The highest BCUT2D eigenvalue weighted by molar-refractivity contribution is 5.84. The van der Waals surface area contributed by atoms with Crippen LogP contribution in [0.15, 0.2) is 18.2 Å². The lowest BCUT2D eigenvalue weighted by Crippen LogP contribution is -2.42. The highest BCUT2D eigenvalue weighted by Crippen LogP contribution is 2.47. The number of esters is 1. The van der Waals surface area contributed by atoms with E-state index in [9.17, 15) is 14.7 Å². The smallest absolute Gasteiger partial charge is 0.303 e. The van der Waals surface area contributed by atoms with Gasteiger partial charge in [-0.05, 0) is 49.8 Å². The summed E-state index contributed by atoms with van der Waals surface area (Å²) in [6, 6.07) is 5.86. The van der Waals surface area contributed by atoms with E-state index in [4.69, 9.17) is 14.2 Å².